The van der Waals surface area contributed by atoms with Gasteiger partial charge in [-0.15, -0.1) is 11.3 Å². The van der Waals surface area contributed by atoms with E-state index in [1.807, 2.05) is 6.92 Å². The van der Waals surface area contributed by atoms with Crippen LogP contribution in [0, 0.1) is 13.8 Å². The predicted octanol–water partition coefficient (Wildman–Crippen LogP) is 3.47. The highest BCUT2D eigenvalue weighted by atomic mass is 32.1. The maximum absolute atomic E-state index is 6.09. The molecule has 1 atom stereocenters. The molecule has 5 nitrogen and oxygen atoms in total. The van der Waals surface area contributed by atoms with E-state index in [9.17, 15) is 0 Å². The molecule has 0 saturated carbocycles. The molecule has 2 saturated heterocycles. The van der Waals surface area contributed by atoms with Gasteiger partial charge in [-0.1, -0.05) is 0 Å². The number of nitrogens with zero attached hydrogens (tertiary/aromatic N) is 3. The SMILES string of the molecule is Cc1nc(N2CCC(OCC3CCCO3)CC2)c2c(C)csc2n1. The summed E-state index contributed by atoms with van der Waals surface area (Å²) in [6, 6.07) is 0. The summed E-state index contributed by atoms with van der Waals surface area (Å²) in [5.41, 5.74) is 1.28. The van der Waals surface area contributed by atoms with Crippen molar-refractivity contribution in [2.75, 3.05) is 31.2 Å². The number of ether oxygens (including phenoxy) is 2. The fourth-order valence-electron chi connectivity index (χ4n) is 3.65. The van der Waals surface area contributed by atoms with E-state index in [1.54, 1.807) is 11.3 Å². The van der Waals surface area contributed by atoms with Crippen LogP contribution in [0.4, 0.5) is 5.82 Å². The van der Waals surface area contributed by atoms with Crippen molar-refractivity contribution in [2.24, 2.45) is 0 Å². The quantitative estimate of drug-likeness (QED) is 0.847. The molecule has 2 aromatic heterocycles. The highest BCUT2D eigenvalue weighted by molar-refractivity contribution is 7.17. The predicted molar refractivity (Wildman–Crippen MR) is 97.1 cm³/mol. The number of anilines is 1. The number of aromatic nitrogens is 2. The van der Waals surface area contributed by atoms with Gasteiger partial charge in [-0.3, -0.25) is 0 Å². The van der Waals surface area contributed by atoms with Gasteiger partial charge in [-0.2, -0.15) is 0 Å². The zero-order valence-corrected chi connectivity index (χ0v) is 15.3. The van der Waals surface area contributed by atoms with E-state index in [0.717, 1.165) is 62.0 Å². The molecular weight excluding hydrogens is 322 g/mol. The van der Waals surface area contributed by atoms with E-state index in [2.05, 4.69) is 22.2 Å². The van der Waals surface area contributed by atoms with Gasteiger partial charge in [0.15, 0.2) is 0 Å². The van der Waals surface area contributed by atoms with Crippen molar-refractivity contribution in [1.82, 2.24) is 9.97 Å². The van der Waals surface area contributed by atoms with Crippen LogP contribution in [0.2, 0.25) is 0 Å². The maximum atomic E-state index is 6.09. The smallest absolute Gasteiger partial charge is 0.141 e. The summed E-state index contributed by atoms with van der Waals surface area (Å²) in [5, 5.41) is 3.41. The average Bonchev–Trinajstić information content (AvgIpc) is 3.23. The largest absolute Gasteiger partial charge is 0.376 e. The minimum Gasteiger partial charge on any atom is -0.376 e. The second-order valence-corrected chi connectivity index (χ2v) is 7.71. The standard InChI is InChI=1S/C18H25N3O2S/c1-12-11-24-18-16(12)17(19-13(2)20-18)21-7-5-14(6-8-21)23-10-15-4-3-9-22-15/h11,14-15H,3-10H2,1-2H3. The van der Waals surface area contributed by atoms with Crippen molar-refractivity contribution in [3.05, 3.63) is 16.8 Å². The Morgan fingerprint density at radius 2 is 2.08 bits per heavy atom. The molecule has 0 bridgehead atoms. The first-order chi connectivity index (χ1) is 11.7. The molecule has 4 heterocycles. The van der Waals surface area contributed by atoms with E-state index < -0.39 is 0 Å². The van der Waals surface area contributed by atoms with Crippen molar-refractivity contribution in [1.29, 1.82) is 0 Å². The normalized spacial score (nSPS) is 22.6. The number of aryl methyl sites for hydroxylation is 2. The Labute approximate surface area is 147 Å². The van der Waals surface area contributed by atoms with Gasteiger partial charge in [0.25, 0.3) is 0 Å². The first-order valence-electron chi connectivity index (χ1n) is 8.91. The molecule has 0 aromatic carbocycles. The molecule has 0 N–H and O–H groups in total. The molecular formula is C18H25N3O2S. The number of fused-ring (bicyclic) bond motifs is 1. The van der Waals surface area contributed by atoms with Crippen LogP contribution in [0.25, 0.3) is 10.2 Å². The van der Waals surface area contributed by atoms with Crippen LogP contribution < -0.4 is 4.90 Å². The number of rotatable bonds is 4. The van der Waals surface area contributed by atoms with Gasteiger partial charge in [0.2, 0.25) is 0 Å². The minimum absolute atomic E-state index is 0.320. The lowest BCUT2D eigenvalue weighted by Gasteiger charge is -2.33. The van der Waals surface area contributed by atoms with Gasteiger partial charge in [-0.25, -0.2) is 9.97 Å². The Morgan fingerprint density at radius 3 is 2.83 bits per heavy atom. The second kappa shape index (κ2) is 6.94. The highest BCUT2D eigenvalue weighted by Crippen LogP contribution is 2.33. The molecule has 4 rings (SSSR count). The molecule has 2 aliphatic heterocycles. The molecule has 6 heteroatoms. The first kappa shape index (κ1) is 16.2. The summed E-state index contributed by atoms with van der Waals surface area (Å²) < 4.78 is 11.7. The minimum atomic E-state index is 0.320. The molecule has 0 radical (unpaired) electrons. The van der Waals surface area contributed by atoms with Crippen LogP contribution in [0.1, 0.15) is 37.1 Å². The van der Waals surface area contributed by atoms with Gasteiger partial charge >= 0.3 is 0 Å². The summed E-state index contributed by atoms with van der Waals surface area (Å²) >= 11 is 1.71. The molecule has 130 valence electrons. The Bertz CT molecular complexity index is 704. The third-order valence-corrected chi connectivity index (χ3v) is 5.98. The monoisotopic (exact) mass is 347 g/mol. The first-order valence-corrected chi connectivity index (χ1v) is 9.79. The van der Waals surface area contributed by atoms with E-state index >= 15 is 0 Å². The lowest BCUT2D eigenvalue weighted by atomic mass is 10.1. The number of piperidine rings is 1. The maximum Gasteiger partial charge on any atom is 0.141 e. The molecule has 2 fully saturated rings. The number of hydrogen-bond acceptors (Lipinski definition) is 6. The second-order valence-electron chi connectivity index (χ2n) is 6.85. The molecule has 1 unspecified atom stereocenters. The Kier molecular flexibility index (Phi) is 4.70. The van der Waals surface area contributed by atoms with Crippen molar-refractivity contribution in [2.45, 2.75) is 51.7 Å². The average molecular weight is 347 g/mol. The number of hydrogen-bond donors (Lipinski definition) is 0. The van der Waals surface area contributed by atoms with Gasteiger partial charge in [0.1, 0.15) is 16.5 Å². The molecule has 24 heavy (non-hydrogen) atoms. The molecule has 0 spiro atoms. The summed E-state index contributed by atoms with van der Waals surface area (Å²) in [4.78, 5) is 12.8. The molecule has 0 aliphatic carbocycles. The third kappa shape index (κ3) is 3.27. The lowest BCUT2D eigenvalue weighted by Crippen LogP contribution is -2.38. The van der Waals surface area contributed by atoms with Crippen LogP contribution >= 0.6 is 11.3 Å². The Balaban J connectivity index is 1.41. The highest BCUT2D eigenvalue weighted by Gasteiger charge is 2.25. The molecule has 0 amide bonds. The fraction of sp³-hybridized carbons (Fsp3) is 0.667. The third-order valence-electron chi connectivity index (χ3n) is 4.99. The van der Waals surface area contributed by atoms with Crippen LogP contribution in [-0.2, 0) is 9.47 Å². The van der Waals surface area contributed by atoms with Crippen molar-refractivity contribution >= 4 is 27.4 Å². The summed E-state index contributed by atoms with van der Waals surface area (Å²) in [6.45, 7) is 7.78. The Morgan fingerprint density at radius 1 is 1.25 bits per heavy atom. The Hall–Kier alpha value is -1.24. The molecule has 2 aliphatic rings. The van der Waals surface area contributed by atoms with Crippen LogP contribution in [0.5, 0.6) is 0 Å². The van der Waals surface area contributed by atoms with E-state index in [1.165, 1.54) is 17.4 Å². The van der Waals surface area contributed by atoms with Gasteiger partial charge in [0, 0.05) is 19.7 Å². The van der Waals surface area contributed by atoms with E-state index in [-0.39, 0.29) is 0 Å². The summed E-state index contributed by atoms with van der Waals surface area (Å²) in [5.74, 6) is 1.96. The summed E-state index contributed by atoms with van der Waals surface area (Å²) in [7, 11) is 0. The fourth-order valence-corrected chi connectivity index (χ4v) is 4.61. The van der Waals surface area contributed by atoms with Crippen LogP contribution in [0.15, 0.2) is 5.38 Å². The van der Waals surface area contributed by atoms with Crippen LogP contribution in [-0.4, -0.2) is 48.5 Å². The van der Waals surface area contributed by atoms with Gasteiger partial charge in [0.05, 0.1) is 24.2 Å². The lowest BCUT2D eigenvalue weighted by molar-refractivity contribution is -0.0280. The van der Waals surface area contributed by atoms with Crippen molar-refractivity contribution in [3.63, 3.8) is 0 Å². The van der Waals surface area contributed by atoms with E-state index in [4.69, 9.17) is 14.5 Å². The molecule has 2 aromatic rings. The topological polar surface area (TPSA) is 47.5 Å². The van der Waals surface area contributed by atoms with Gasteiger partial charge < -0.3 is 14.4 Å². The zero-order valence-electron chi connectivity index (χ0n) is 14.5. The van der Waals surface area contributed by atoms with Gasteiger partial charge in [-0.05, 0) is 50.5 Å². The summed E-state index contributed by atoms with van der Waals surface area (Å²) in [6.07, 6.45) is 5.11. The van der Waals surface area contributed by atoms with Crippen molar-refractivity contribution in [3.8, 4) is 0 Å². The van der Waals surface area contributed by atoms with Crippen molar-refractivity contribution < 1.29 is 9.47 Å². The van der Waals surface area contributed by atoms with Crippen LogP contribution in [0.3, 0.4) is 0 Å². The number of thiophene rings is 1. The zero-order chi connectivity index (χ0) is 16.5. The van der Waals surface area contributed by atoms with E-state index in [0.29, 0.717) is 12.2 Å².